The first kappa shape index (κ1) is 20.6. The van der Waals surface area contributed by atoms with Crippen LogP contribution >= 0.6 is 0 Å². The minimum absolute atomic E-state index is 0.0877. The first-order valence-corrected chi connectivity index (χ1v) is 10.4. The molecule has 4 rings (SSSR count). The van der Waals surface area contributed by atoms with Crippen LogP contribution in [-0.2, 0) is 17.9 Å². The van der Waals surface area contributed by atoms with Crippen molar-refractivity contribution in [2.45, 2.75) is 38.9 Å². The monoisotopic (exact) mass is 418 g/mol. The molecule has 3 N–H and O–H groups in total. The number of anilines is 1. The number of urea groups is 1. The lowest BCUT2D eigenvalue weighted by atomic mass is 10.1. The molecule has 8 heteroatoms. The van der Waals surface area contributed by atoms with Gasteiger partial charge in [0, 0.05) is 18.2 Å². The van der Waals surface area contributed by atoms with Crippen LogP contribution in [-0.4, -0.2) is 26.7 Å². The number of aromatic nitrogens is 3. The van der Waals surface area contributed by atoms with Gasteiger partial charge in [0.15, 0.2) is 0 Å². The third-order valence-corrected chi connectivity index (χ3v) is 5.26. The first-order valence-electron chi connectivity index (χ1n) is 10.4. The van der Waals surface area contributed by atoms with Gasteiger partial charge >= 0.3 is 6.03 Å². The van der Waals surface area contributed by atoms with E-state index < -0.39 is 0 Å². The van der Waals surface area contributed by atoms with E-state index in [9.17, 15) is 9.59 Å². The highest BCUT2D eigenvalue weighted by Gasteiger charge is 2.29. The zero-order chi connectivity index (χ0) is 21.6. The lowest BCUT2D eigenvalue weighted by molar-refractivity contribution is -0.117. The number of hydrogen-bond donors (Lipinski definition) is 3. The molecule has 2 aromatic carbocycles. The van der Waals surface area contributed by atoms with Crippen LogP contribution < -0.4 is 16.0 Å². The van der Waals surface area contributed by atoms with E-state index in [-0.39, 0.29) is 23.9 Å². The average molecular weight is 419 g/mol. The predicted molar refractivity (Wildman–Crippen MR) is 117 cm³/mol. The summed E-state index contributed by atoms with van der Waals surface area (Å²) in [4.78, 5) is 28.0. The van der Waals surface area contributed by atoms with Crippen LogP contribution in [0.25, 0.3) is 0 Å². The summed E-state index contributed by atoms with van der Waals surface area (Å²) in [6, 6.07) is 15.2. The molecule has 1 saturated carbocycles. The molecule has 0 aliphatic heterocycles. The maximum atomic E-state index is 12.3. The van der Waals surface area contributed by atoms with Gasteiger partial charge in [-0.1, -0.05) is 36.4 Å². The molecule has 0 bridgehead atoms. The minimum Gasteiger partial charge on any atom is -0.334 e. The fraction of sp³-hybridized carbons (Fsp3) is 0.304. The van der Waals surface area contributed by atoms with E-state index in [1.807, 2.05) is 55.5 Å². The molecule has 1 fully saturated rings. The van der Waals surface area contributed by atoms with Crippen molar-refractivity contribution < 1.29 is 9.59 Å². The highest BCUT2D eigenvalue weighted by Crippen LogP contribution is 2.30. The van der Waals surface area contributed by atoms with E-state index >= 15 is 0 Å². The second-order valence-corrected chi connectivity index (χ2v) is 7.84. The number of nitrogens with one attached hydrogen (secondary N) is 3. The highest BCUT2D eigenvalue weighted by atomic mass is 16.2. The Kier molecular flexibility index (Phi) is 6.26. The van der Waals surface area contributed by atoms with Gasteiger partial charge in [0.2, 0.25) is 5.91 Å². The van der Waals surface area contributed by atoms with Crippen molar-refractivity contribution in [2.75, 3.05) is 5.32 Å². The Labute approximate surface area is 181 Å². The van der Waals surface area contributed by atoms with Gasteiger partial charge in [0.25, 0.3) is 0 Å². The zero-order valence-electron chi connectivity index (χ0n) is 17.4. The maximum Gasteiger partial charge on any atom is 0.315 e. The molecule has 1 heterocycles. The zero-order valence-corrected chi connectivity index (χ0v) is 17.4. The molecule has 1 aliphatic rings. The third kappa shape index (κ3) is 5.91. The van der Waals surface area contributed by atoms with Gasteiger partial charge in [-0.3, -0.25) is 4.79 Å². The Balaban J connectivity index is 1.22. The van der Waals surface area contributed by atoms with Gasteiger partial charge in [-0.15, -0.1) is 0 Å². The molecular weight excluding hydrogens is 392 g/mol. The number of nitrogens with zero attached hydrogens (tertiary/aromatic N) is 3. The van der Waals surface area contributed by atoms with Crippen molar-refractivity contribution in [1.82, 2.24) is 25.4 Å². The molecule has 3 aromatic rings. The van der Waals surface area contributed by atoms with E-state index in [1.165, 1.54) is 6.33 Å². The summed E-state index contributed by atoms with van der Waals surface area (Å²) < 4.78 is 1.76. The molecule has 0 radical (unpaired) electrons. The molecule has 1 atom stereocenters. The SMILES string of the molecule is C[C@H](NC(=O)NCc1ccc(Cn2cncn2)cc1)c1ccc(NC(=O)C2CC2)cc1. The molecule has 1 aliphatic carbocycles. The van der Waals surface area contributed by atoms with Gasteiger partial charge in [-0.05, 0) is 48.6 Å². The lowest BCUT2D eigenvalue weighted by Crippen LogP contribution is -2.36. The Hall–Kier alpha value is -3.68. The van der Waals surface area contributed by atoms with Crippen LogP contribution in [0.4, 0.5) is 10.5 Å². The van der Waals surface area contributed by atoms with E-state index in [0.717, 1.165) is 35.2 Å². The summed E-state index contributed by atoms with van der Waals surface area (Å²) in [5.74, 6) is 0.263. The number of amides is 3. The number of carbonyl (C=O) groups excluding carboxylic acids is 2. The smallest absolute Gasteiger partial charge is 0.315 e. The second kappa shape index (κ2) is 9.42. The summed E-state index contributed by atoms with van der Waals surface area (Å²) in [6.45, 7) is 3.03. The van der Waals surface area contributed by atoms with Crippen LogP contribution in [0.3, 0.4) is 0 Å². The standard InChI is InChI=1S/C23H26N6O2/c1-16(19-8-10-21(11-9-19)28-22(30)20-6-7-20)27-23(31)25-12-17-2-4-18(5-3-17)13-29-15-24-14-26-29/h2-5,8-11,14-16,20H,6-7,12-13H2,1H3,(H,28,30)(H2,25,27,31)/t16-/m0/s1. The average Bonchev–Trinajstić information content (AvgIpc) is 3.51. The molecule has 0 spiro atoms. The van der Waals surface area contributed by atoms with Gasteiger partial charge < -0.3 is 16.0 Å². The van der Waals surface area contributed by atoms with Crippen molar-refractivity contribution in [3.05, 3.63) is 77.9 Å². The van der Waals surface area contributed by atoms with Gasteiger partial charge in [0.1, 0.15) is 12.7 Å². The Morgan fingerprint density at radius 3 is 2.42 bits per heavy atom. The minimum atomic E-state index is -0.231. The number of benzene rings is 2. The van der Waals surface area contributed by atoms with Gasteiger partial charge in [-0.2, -0.15) is 5.10 Å². The maximum absolute atomic E-state index is 12.3. The van der Waals surface area contributed by atoms with Gasteiger partial charge in [-0.25, -0.2) is 14.5 Å². The van der Waals surface area contributed by atoms with Crippen molar-refractivity contribution in [3.8, 4) is 0 Å². The summed E-state index contributed by atoms with van der Waals surface area (Å²) in [5, 5.41) is 12.8. The molecule has 31 heavy (non-hydrogen) atoms. The quantitative estimate of drug-likeness (QED) is 0.523. The summed E-state index contributed by atoms with van der Waals surface area (Å²) >= 11 is 0. The van der Waals surface area contributed by atoms with Gasteiger partial charge in [0.05, 0.1) is 12.6 Å². The normalized spacial score (nSPS) is 14.0. The predicted octanol–water partition coefficient (Wildman–Crippen LogP) is 3.24. The fourth-order valence-corrected chi connectivity index (χ4v) is 3.22. The molecule has 0 saturated heterocycles. The second-order valence-electron chi connectivity index (χ2n) is 7.84. The van der Waals surface area contributed by atoms with Crippen molar-refractivity contribution in [3.63, 3.8) is 0 Å². The molecule has 0 unspecified atom stereocenters. The van der Waals surface area contributed by atoms with Crippen LogP contribution in [0.5, 0.6) is 0 Å². The summed E-state index contributed by atoms with van der Waals surface area (Å²) in [7, 11) is 0. The van der Waals surface area contributed by atoms with Crippen molar-refractivity contribution >= 4 is 17.6 Å². The Morgan fingerprint density at radius 1 is 1.06 bits per heavy atom. The van der Waals surface area contributed by atoms with E-state index in [0.29, 0.717) is 13.1 Å². The van der Waals surface area contributed by atoms with Crippen molar-refractivity contribution in [2.24, 2.45) is 5.92 Å². The van der Waals surface area contributed by atoms with Crippen LogP contribution in [0.15, 0.2) is 61.2 Å². The Morgan fingerprint density at radius 2 is 1.77 bits per heavy atom. The van der Waals surface area contributed by atoms with Crippen LogP contribution in [0.2, 0.25) is 0 Å². The molecule has 1 aromatic heterocycles. The van der Waals surface area contributed by atoms with E-state index in [2.05, 4.69) is 26.0 Å². The largest absolute Gasteiger partial charge is 0.334 e. The fourth-order valence-electron chi connectivity index (χ4n) is 3.22. The summed E-state index contributed by atoms with van der Waals surface area (Å²) in [6.07, 6.45) is 5.15. The highest BCUT2D eigenvalue weighted by molar-refractivity contribution is 5.94. The molecule has 3 amide bonds. The Bertz CT molecular complexity index is 1010. The number of hydrogen-bond acceptors (Lipinski definition) is 4. The van der Waals surface area contributed by atoms with Crippen LogP contribution in [0.1, 0.15) is 42.5 Å². The molecular formula is C23H26N6O2. The third-order valence-electron chi connectivity index (χ3n) is 5.26. The summed E-state index contributed by atoms with van der Waals surface area (Å²) in [5.41, 5.74) is 3.88. The number of rotatable bonds is 8. The lowest BCUT2D eigenvalue weighted by Gasteiger charge is -2.16. The molecule has 8 nitrogen and oxygen atoms in total. The van der Waals surface area contributed by atoms with E-state index in [1.54, 1.807) is 11.0 Å². The van der Waals surface area contributed by atoms with E-state index in [4.69, 9.17) is 0 Å². The molecule has 160 valence electrons. The van der Waals surface area contributed by atoms with Crippen molar-refractivity contribution in [1.29, 1.82) is 0 Å². The topological polar surface area (TPSA) is 101 Å². The van der Waals surface area contributed by atoms with Crippen LogP contribution in [0, 0.1) is 5.92 Å². The first-order chi connectivity index (χ1) is 15.1. The number of carbonyl (C=O) groups is 2.